The summed E-state index contributed by atoms with van der Waals surface area (Å²) in [6.07, 6.45) is 0. The van der Waals surface area contributed by atoms with Crippen LogP contribution in [-0.4, -0.2) is 35.1 Å². The molecule has 92 valence electrons. The summed E-state index contributed by atoms with van der Waals surface area (Å²) in [6, 6.07) is 8.25. The molecule has 0 aliphatic heterocycles. The van der Waals surface area contributed by atoms with E-state index in [0.29, 0.717) is 5.69 Å². The molecule has 0 heterocycles. The summed E-state index contributed by atoms with van der Waals surface area (Å²) in [6.45, 7) is 1.67. The van der Waals surface area contributed by atoms with Crippen molar-refractivity contribution < 1.29 is 10.0 Å². The van der Waals surface area contributed by atoms with E-state index in [1.54, 1.807) is 26.1 Å². The average molecular weight is 236 g/mol. The lowest BCUT2D eigenvalue weighted by molar-refractivity contribution is 0.217. The van der Waals surface area contributed by atoms with E-state index in [1.807, 2.05) is 18.2 Å². The van der Waals surface area contributed by atoms with Gasteiger partial charge in [0, 0.05) is 12.7 Å². The van der Waals surface area contributed by atoms with Crippen molar-refractivity contribution in [1.29, 1.82) is 0 Å². The number of para-hydroxylation sites is 1. The molecule has 0 bridgehead atoms. The number of benzene rings is 1. The standard InChI is InChI=1S/C11H16N4O2/c1-8(10(12)14-17)15(2)11(16)13-9-6-4-3-5-7-9/h3-8,17H,1-2H3,(H2,12,14)(H,13,16). The molecule has 2 amide bonds. The molecule has 0 radical (unpaired) electrons. The molecule has 0 aliphatic rings. The molecule has 0 aliphatic carbocycles. The quantitative estimate of drug-likeness (QED) is 0.319. The number of nitrogens with two attached hydrogens (primary N) is 1. The fourth-order valence-corrected chi connectivity index (χ4v) is 1.19. The summed E-state index contributed by atoms with van der Waals surface area (Å²) in [5.74, 6) is -0.0179. The molecule has 1 unspecified atom stereocenters. The molecule has 4 N–H and O–H groups in total. The number of carbonyl (C=O) groups excluding carboxylic acids is 1. The fraction of sp³-hybridized carbons (Fsp3) is 0.273. The van der Waals surface area contributed by atoms with Crippen LogP contribution in [0.1, 0.15) is 6.92 Å². The number of amidine groups is 1. The minimum Gasteiger partial charge on any atom is -0.409 e. The van der Waals surface area contributed by atoms with Gasteiger partial charge in [0.1, 0.15) is 0 Å². The second-order valence-corrected chi connectivity index (χ2v) is 3.61. The number of amides is 2. The van der Waals surface area contributed by atoms with Crippen molar-refractivity contribution in [2.75, 3.05) is 12.4 Å². The Balaban J connectivity index is 2.65. The van der Waals surface area contributed by atoms with Gasteiger partial charge >= 0.3 is 6.03 Å². The number of nitrogens with one attached hydrogen (secondary N) is 1. The fourth-order valence-electron chi connectivity index (χ4n) is 1.19. The molecule has 1 aromatic rings. The zero-order valence-electron chi connectivity index (χ0n) is 9.79. The summed E-state index contributed by atoms with van der Waals surface area (Å²) in [5, 5.41) is 14.1. The number of anilines is 1. The van der Waals surface area contributed by atoms with Gasteiger partial charge in [-0.1, -0.05) is 23.4 Å². The average Bonchev–Trinajstić information content (AvgIpc) is 2.37. The number of nitrogens with zero attached hydrogens (tertiary/aromatic N) is 2. The van der Waals surface area contributed by atoms with Crippen LogP contribution in [0.5, 0.6) is 0 Å². The number of carbonyl (C=O) groups is 1. The maximum atomic E-state index is 11.8. The van der Waals surface area contributed by atoms with Crippen molar-refractivity contribution in [2.24, 2.45) is 10.9 Å². The Morgan fingerprint density at radius 1 is 1.47 bits per heavy atom. The van der Waals surface area contributed by atoms with Gasteiger partial charge < -0.3 is 21.2 Å². The first kappa shape index (κ1) is 12.8. The highest BCUT2D eigenvalue weighted by molar-refractivity contribution is 5.94. The first-order valence-corrected chi connectivity index (χ1v) is 5.12. The molecule has 0 spiro atoms. The summed E-state index contributed by atoms with van der Waals surface area (Å²) in [7, 11) is 1.57. The van der Waals surface area contributed by atoms with E-state index in [9.17, 15) is 4.79 Å². The molecule has 0 fully saturated rings. The molecule has 1 rings (SSSR count). The number of likely N-dealkylation sites (N-methyl/N-ethyl adjacent to an activating group) is 1. The van der Waals surface area contributed by atoms with E-state index < -0.39 is 6.04 Å². The number of hydrogen-bond acceptors (Lipinski definition) is 3. The van der Waals surface area contributed by atoms with Crippen LogP contribution >= 0.6 is 0 Å². The van der Waals surface area contributed by atoms with E-state index in [4.69, 9.17) is 10.9 Å². The summed E-state index contributed by atoms with van der Waals surface area (Å²) < 4.78 is 0. The normalized spacial score (nSPS) is 12.9. The Labute approximate surface area is 99.7 Å². The molecule has 1 aromatic carbocycles. The highest BCUT2D eigenvalue weighted by atomic mass is 16.4. The molecule has 17 heavy (non-hydrogen) atoms. The molecule has 6 heteroatoms. The minimum absolute atomic E-state index is 0.0179. The maximum absolute atomic E-state index is 11.8. The van der Waals surface area contributed by atoms with Gasteiger partial charge in [0.15, 0.2) is 5.84 Å². The Kier molecular flexibility index (Phi) is 4.33. The predicted octanol–water partition coefficient (Wildman–Crippen LogP) is 1.29. The van der Waals surface area contributed by atoms with Crippen LogP contribution in [0.15, 0.2) is 35.5 Å². The summed E-state index contributed by atoms with van der Waals surface area (Å²) in [4.78, 5) is 13.1. The SMILES string of the molecule is CC(C(N)=NO)N(C)C(=O)Nc1ccccc1. The van der Waals surface area contributed by atoms with Crippen molar-refractivity contribution in [3.8, 4) is 0 Å². The first-order chi connectivity index (χ1) is 8.06. The molecular weight excluding hydrogens is 220 g/mol. The molecule has 1 atom stereocenters. The minimum atomic E-state index is -0.483. The van der Waals surface area contributed by atoms with Crippen LogP contribution in [0, 0.1) is 0 Å². The third-order valence-corrected chi connectivity index (χ3v) is 2.47. The van der Waals surface area contributed by atoms with Gasteiger partial charge in [0.05, 0.1) is 6.04 Å². The second kappa shape index (κ2) is 5.74. The van der Waals surface area contributed by atoms with Crippen molar-refractivity contribution in [3.05, 3.63) is 30.3 Å². The number of rotatable bonds is 3. The lowest BCUT2D eigenvalue weighted by Gasteiger charge is -2.23. The molecule has 0 saturated carbocycles. The molecular formula is C11H16N4O2. The smallest absolute Gasteiger partial charge is 0.322 e. The first-order valence-electron chi connectivity index (χ1n) is 5.12. The van der Waals surface area contributed by atoms with E-state index in [2.05, 4.69) is 10.5 Å². The van der Waals surface area contributed by atoms with Crippen LogP contribution in [0.2, 0.25) is 0 Å². The van der Waals surface area contributed by atoms with Crippen LogP contribution in [0.3, 0.4) is 0 Å². The molecule has 0 aromatic heterocycles. The number of oxime groups is 1. The highest BCUT2D eigenvalue weighted by Crippen LogP contribution is 2.07. The Bertz CT molecular complexity index is 405. The van der Waals surface area contributed by atoms with Gasteiger partial charge in [0.25, 0.3) is 0 Å². The van der Waals surface area contributed by atoms with Crippen molar-refractivity contribution in [2.45, 2.75) is 13.0 Å². The Morgan fingerprint density at radius 2 is 2.06 bits per heavy atom. The lowest BCUT2D eigenvalue weighted by atomic mass is 10.3. The van der Waals surface area contributed by atoms with Gasteiger partial charge in [-0.2, -0.15) is 0 Å². The van der Waals surface area contributed by atoms with E-state index in [1.165, 1.54) is 4.90 Å². The van der Waals surface area contributed by atoms with Gasteiger partial charge in [-0.3, -0.25) is 0 Å². The number of hydrogen-bond donors (Lipinski definition) is 3. The molecule has 6 nitrogen and oxygen atoms in total. The van der Waals surface area contributed by atoms with Crippen molar-refractivity contribution in [1.82, 2.24) is 4.90 Å². The monoisotopic (exact) mass is 236 g/mol. The largest absolute Gasteiger partial charge is 0.409 e. The Morgan fingerprint density at radius 3 is 2.59 bits per heavy atom. The Hall–Kier alpha value is -2.24. The third-order valence-electron chi connectivity index (χ3n) is 2.47. The predicted molar refractivity (Wildman–Crippen MR) is 66.1 cm³/mol. The van der Waals surface area contributed by atoms with Crippen molar-refractivity contribution >= 4 is 17.6 Å². The van der Waals surface area contributed by atoms with Gasteiger partial charge in [-0.25, -0.2) is 4.79 Å². The second-order valence-electron chi connectivity index (χ2n) is 3.61. The zero-order valence-corrected chi connectivity index (χ0v) is 9.79. The van der Waals surface area contributed by atoms with Gasteiger partial charge in [-0.05, 0) is 19.1 Å². The van der Waals surface area contributed by atoms with Crippen molar-refractivity contribution in [3.63, 3.8) is 0 Å². The topological polar surface area (TPSA) is 91.0 Å². The van der Waals surface area contributed by atoms with Crippen LogP contribution in [0.25, 0.3) is 0 Å². The van der Waals surface area contributed by atoms with E-state index >= 15 is 0 Å². The number of urea groups is 1. The maximum Gasteiger partial charge on any atom is 0.322 e. The van der Waals surface area contributed by atoms with Crippen LogP contribution in [0.4, 0.5) is 10.5 Å². The van der Waals surface area contributed by atoms with Gasteiger partial charge in [0.2, 0.25) is 0 Å². The highest BCUT2D eigenvalue weighted by Gasteiger charge is 2.19. The van der Waals surface area contributed by atoms with E-state index in [-0.39, 0.29) is 11.9 Å². The lowest BCUT2D eigenvalue weighted by Crippen LogP contribution is -2.45. The van der Waals surface area contributed by atoms with Gasteiger partial charge in [-0.15, -0.1) is 0 Å². The summed E-state index contributed by atoms with van der Waals surface area (Å²) >= 11 is 0. The zero-order chi connectivity index (χ0) is 12.8. The van der Waals surface area contributed by atoms with Crippen LogP contribution < -0.4 is 11.1 Å². The summed E-state index contributed by atoms with van der Waals surface area (Å²) in [5.41, 5.74) is 6.12. The van der Waals surface area contributed by atoms with Crippen LogP contribution in [-0.2, 0) is 0 Å². The third kappa shape index (κ3) is 3.37. The van der Waals surface area contributed by atoms with E-state index in [0.717, 1.165) is 0 Å². The molecule has 0 saturated heterocycles.